The van der Waals surface area contributed by atoms with Crippen LogP contribution in [0.25, 0.3) is 0 Å². The minimum Gasteiger partial charge on any atom is -0.379 e. The number of ether oxygens (including phenoxy) is 1. The Morgan fingerprint density at radius 2 is 1.81 bits per heavy atom. The van der Waals surface area contributed by atoms with E-state index >= 15 is 0 Å². The Kier molecular flexibility index (Phi) is 6.11. The Balaban J connectivity index is 1.59. The predicted molar refractivity (Wildman–Crippen MR) is 124 cm³/mol. The molecule has 1 saturated heterocycles. The van der Waals surface area contributed by atoms with Gasteiger partial charge in [-0.1, -0.05) is 24.3 Å². The fraction of sp³-hybridized carbons (Fsp3) is 0.360. The lowest BCUT2D eigenvalue weighted by Gasteiger charge is -2.35. The van der Waals surface area contributed by atoms with Gasteiger partial charge in [0, 0.05) is 35.3 Å². The molecule has 1 N–H and O–H groups in total. The number of hydrogen-bond donors (Lipinski definition) is 1. The molecule has 2 aromatic heterocycles. The number of rotatable bonds is 5. The van der Waals surface area contributed by atoms with E-state index in [1.807, 2.05) is 42.6 Å². The first-order valence-corrected chi connectivity index (χ1v) is 11.9. The molecule has 1 aliphatic carbocycles. The van der Waals surface area contributed by atoms with Crippen molar-refractivity contribution in [3.63, 3.8) is 0 Å². The van der Waals surface area contributed by atoms with Crippen LogP contribution < -0.4 is 5.32 Å². The molecular formula is C25H27N3O2S. The number of hydrogen-bond acceptors (Lipinski definition) is 5. The number of carbonyl (C=O) groups is 1. The van der Waals surface area contributed by atoms with Crippen molar-refractivity contribution in [2.75, 3.05) is 31.6 Å². The van der Waals surface area contributed by atoms with Crippen LogP contribution in [0.15, 0.2) is 54.7 Å². The summed E-state index contributed by atoms with van der Waals surface area (Å²) in [4.78, 5) is 21.7. The molecule has 1 atom stereocenters. The molecule has 2 aliphatic rings. The van der Waals surface area contributed by atoms with E-state index in [9.17, 15) is 4.79 Å². The van der Waals surface area contributed by atoms with Crippen molar-refractivity contribution in [3.8, 4) is 0 Å². The van der Waals surface area contributed by atoms with E-state index < -0.39 is 0 Å². The van der Waals surface area contributed by atoms with E-state index in [4.69, 9.17) is 9.72 Å². The summed E-state index contributed by atoms with van der Waals surface area (Å²) in [5, 5.41) is 4.24. The van der Waals surface area contributed by atoms with Crippen LogP contribution in [0.5, 0.6) is 0 Å². The Hall–Kier alpha value is -2.54. The largest absolute Gasteiger partial charge is 0.379 e. The standard InChI is InChI=1S/C25H27N3O2S/c29-24(18-8-2-1-3-9-18)27-25-22(19-10-4-5-12-21(19)31-25)23(20-11-6-7-13-26-20)28-14-16-30-17-15-28/h1-3,6-9,11,13,23H,4-5,10,12,14-17H2,(H,27,29). The van der Waals surface area contributed by atoms with Crippen molar-refractivity contribution >= 4 is 22.2 Å². The van der Waals surface area contributed by atoms with Crippen LogP contribution in [0.4, 0.5) is 5.00 Å². The molecule has 1 fully saturated rings. The van der Waals surface area contributed by atoms with Crippen LogP contribution in [-0.2, 0) is 17.6 Å². The van der Waals surface area contributed by atoms with Crippen molar-refractivity contribution in [3.05, 3.63) is 82.0 Å². The minimum absolute atomic E-state index is 0.0225. The van der Waals surface area contributed by atoms with Crippen molar-refractivity contribution in [1.29, 1.82) is 0 Å². The van der Waals surface area contributed by atoms with Crippen LogP contribution in [0.3, 0.4) is 0 Å². The maximum Gasteiger partial charge on any atom is 0.256 e. The number of nitrogens with one attached hydrogen (secondary N) is 1. The van der Waals surface area contributed by atoms with E-state index in [0.29, 0.717) is 5.56 Å². The highest BCUT2D eigenvalue weighted by Crippen LogP contribution is 2.45. The van der Waals surface area contributed by atoms with Gasteiger partial charge in [-0.05, 0) is 55.5 Å². The first-order chi connectivity index (χ1) is 15.3. The van der Waals surface area contributed by atoms with E-state index in [-0.39, 0.29) is 11.9 Å². The van der Waals surface area contributed by atoms with Crippen LogP contribution in [0.1, 0.15) is 50.9 Å². The lowest BCUT2D eigenvalue weighted by atomic mass is 9.90. The third-order valence-electron chi connectivity index (χ3n) is 6.13. The number of fused-ring (bicyclic) bond motifs is 1. The lowest BCUT2D eigenvalue weighted by molar-refractivity contribution is 0.0232. The molecule has 5 rings (SSSR count). The number of benzene rings is 1. The summed E-state index contributed by atoms with van der Waals surface area (Å²) >= 11 is 1.75. The second-order valence-corrected chi connectivity index (χ2v) is 9.18. The molecule has 31 heavy (non-hydrogen) atoms. The molecule has 3 heterocycles. The van der Waals surface area contributed by atoms with Crippen molar-refractivity contribution < 1.29 is 9.53 Å². The molecule has 1 aliphatic heterocycles. The van der Waals surface area contributed by atoms with Crippen LogP contribution in [-0.4, -0.2) is 42.1 Å². The molecule has 6 heteroatoms. The average molecular weight is 434 g/mol. The van der Waals surface area contributed by atoms with Gasteiger partial charge in [0.05, 0.1) is 24.9 Å². The first kappa shape index (κ1) is 20.4. The van der Waals surface area contributed by atoms with Crippen molar-refractivity contribution in [1.82, 2.24) is 9.88 Å². The van der Waals surface area contributed by atoms with E-state index in [0.717, 1.165) is 49.8 Å². The Morgan fingerprint density at radius 3 is 2.58 bits per heavy atom. The summed E-state index contributed by atoms with van der Waals surface area (Å²) in [5.74, 6) is -0.0535. The molecule has 5 nitrogen and oxygen atoms in total. The summed E-state index contributed by atoms with van der Waals surface area (Å²) in [6.07, 6.45) is 6.43. The molecule has 1 amide bonds. The molecule has 0 radical (unpaired) electrons. The molecule has 0 saturated carbocycles. The van der Waals surface area contributed by atoms with E-state index in [2.05, 4.69) is 22.3 Å². The minimum atomic E-state index is -0.0535. The topological polar surface area (TPSA) is 54.5 Å². The first-order valence-electron chi connectivity index (χ1n) is 11.0. The van der Waals surface area contributed by atoms with Gasteiger partial charge in [0.2, 0.25) is 0 Å². The van der Waals surface area contributed by atoms with Crippen molar-refractivity contribution in [2.45, 2.75) is 31.7 Å². The Morgan fingerprint density at radius 1 is 1.03 bits per heavy atom. The Labute approximate surface area is 187 Å². The summed E-state index contributed by atoms with van der Waals surface area (Å²) in [7, 11) is 0. The third kappa shape index (κ3) is 4.28. The Bertz CT molecular complexity index is 1030. The number of anilines is 1. The quantitative estimate of drug-likeness (QED) is 0.634. The highest BCUT2D eigenvalue weighted by atomic mass is 32.1. The molecule has 1 unspecified atom stereocenters. The number of aromatic nitrogens is 1. The number of pyridine rings is 1. The summed E-state index contributed by atoms with van der Waals surface area (Å²) in [6.45, 7) is 3.17. The van der Waals surface area contributed by atoms with Gasteiger partial charge in [-0.25, -0.2) is 0 Å². The van der Waals surface area contributed by atoms with Crippen LogP contribution >= 0.6 is 11.3 Å². The normalized spacial score (nSPS) is 17.7. The maximum atomic E-state index is 13.1. The van der Waals surface area contributed by atoms with Crippen LogP contribution in [0.2, 0.25) is 0 Å². The fourth-order valence-corrected chi connectivity index (χ4v) is 5.94. The SMILES string of the molecule is O=C(Nc1sc2c(c1C(c1ccccn1)N1CCOCC1)CCCC2)c1ccccc1. The molecule has 160 valence electrons. The molecule has 0 bridgehead atoms. The summed E-state index contributed by atoms with van der Waals surface area (Å²) in [6, 6.07) is 15.6. The maximum absolute atomic E-state index is 13.1. The van der Waals surface area contributed by atoms with Gasteiger partial charge in [0.25, 0.3) is 5.91 Å². The van der Waals surface area contributed by atoms with Gasteiger partial charge >= 0.3 is 0 Å². The number of morpholine rings is 1. The molecule has 0 spiro atoms. The lowest BCUT2D eigenvalue weighted by Crippen LogP contribution is -2.40. The van der Waals surface area contributed by atoms with Gasteiger partial charge in [-0.2, -0.15) is 0 Å². The van der Waals surface area contributed by atoms with Gasteiger partial charge < -0.3 is 10.1 Å². The highest BCUT2D eigenvalue weighted by molar-refractivity contribution is 7.16. The average Bonchev–Trinajstić information content (AvgIpc) is 3.19. The smallest absolute Gasteiger partial charge is 0.256 e. The zero-order chi connectivity index (χ0) is 21.0. The third-order valence-corrected chi connectivity index (χ3v) is 7.35. The van der Waals surface area contributed by atoms with Gasteiger partial charge in [-0.15, -0.1) is 11.3 Å². The molecular weight excluding hydrogens is 406 g/mol. The van der Waals surface area contributed by atoms with E-state index in [1.54, 1.807) is 11.3 Å². The predicted octanol–water partition coefficient (Wildman–Crippen LogP) is 4.70. The number of nitrogens with zero attached hydrogens (tertiary/aromatic N) is 2. The van der Waals surface area contributed by atoms with E-state index in [1.165, 1.54) is 28.8 Å². The number of carbonyl (C=O) groups excluding carboxylic acids is 1. The number of amides is 1. The monoisotopic (exact) mass is 433 g/mol. The van der Waals surface area contributed by atoms with Gasteiger partial charge in [-0.3, -0.25) is 14.7 Å². The van der Waals surface area contributed by atoms with Crippen molar-refractivity contribution in [2.24, 2.45) is 0 Å². The van der Waals surface area contributed by atoms with Gasteiger partial charge in [0.1, 0.15) is 5.00 Å². The number of aryl methyl sites for hydroxylation is 1. The summed E-state index contributed by atoms with van der Waals surface area (Å²) in [5.41, 5.74) is 4.37. The zero-order valence-electron chi connectivity index (χ0n) is 17.5. The second-order valence-electron chi connectivity index (χ2n) is 8.08. The molecule has 1 aromatic carbocycles. The second kappa shape index (κ2) is 9.30. The summed E-state index contributed by atoms with van der Waals surface area (Å²) < 4.78 is 5.64. The zero-order valence-corrected chi connectivity index (χ0v) is 18.4. The molecule has 3 aromatic rings. The van der Waals surface area contributed by atoms with Crippen LogP contribution in [0, 0.1) is 0 Å². The highest BCUT2D eigenvalue weighted by Gasteiger charge is 2.33. The number of thiophene rings is 1. The fourth-order valence-electron chi connectivity index (χ4n) is 4.63. The van der Waals surface area contributed by atoms with Gasteiger partial charge in [0.15, 0.2) is 0 Å².